The summed E-state index contributed by atoms with van der Waals surface area (Å²) in [6, 6.07) is 6.24. The molecule has 1 aliphatic rings. The fraction of sp³-hybridized carbons (Fsp3) is 0.562. The molecule has 1 aromatic carbocycles. The molecule has 0 spiro atoms. The SMILES string of the molecule is COC(=O)c1ccc(Br)c(CN2CCN(C(C)C)CC2)c1. The van der Waals surface area contributed by atoms with Crippen LogP contribution in [0.5, 0.6) is 0 Å². The van der Waals surface area contributed by atoms with Gasteiger partial charge in [0.2, 0.25) is 0 Å². The van der Waals surface area contributed by atoms with Crippen molar-refractivity contribution in [2.24, 2.45) is 0 Å². The number of rotatable bonds is 4. The lowest BCUT2D eigenvalue weighted by molar-refractivity contribution is 0.0600. The monoisotopic (exact) mass is 354 g/mol. The highest BCUT2D eigenvalue weighted by Gasteiger charge is 2.19. The number of carbonyl (C=O) groups excluding carboxylic acids is 1. The number of piperazine rings is 1. The lowest BCUT2D eigenvalue weighted by Crippen LogP contribution is -2.48. The maximum absolute atomic E-state index is 11.6. The maximum Gasteiger partial charge on any atom is 0.337 e. The Kier molecular flexibility index (Phi) is 5.79. The van der Waals surface area contributed by atoms with E-state index in [1.54, 1.807) is 6.07 Å². The largest absolute Gasteiger partial charge is 0.465 e. The number of halogens is 1. The number of hydrogen-bond donors (Lipinski definition) is 0. The second-order valence-electron chi connectivity index (χ2n) is 5.70. The molecule has 1 heterocycles. The highest BCUT2D eigenvalue weighted by atomic mass is 79.9. The van der Waals surface area contributed by atoms with E-state index < -0.39 is 0 Å². The summed E-state index contributed by atoms with van der Waals surface area (Å²) < 4.78 is 5.83. The predicted octanol–water partition coefficient (Wildman–Crippen LogP) is 2.76. The van der Waals surface area contributed by atoms with Gasteiger partial charge < -0.3 is 4.74 Å². The lowest BCUT2D eigenvalue weighted by atomic mass is 10.1. The minimum Gasteiger partial charge on any atom is -0.465 e. The van der Waals surface area contributed by atoms with Gasteiger partial charge in [0, 0.05) is 43.2 Å². The first-order valence-electron chi connectivity index (χ1n) is 7.34. The van der Waals surface area contributed by atoms with Gasteiger partial charge in [0.25, 0.3) is 0 Å². The molecule has 0 unspecified atom stereocenters. The molecule has 0 aromatic heterocycles. The third-order valence-corrected chi connectivity index (χ3v) is 4.77. The van der Waals surface area contributed by atoms with Crippen molar-refractivity contribution in [3.63, 3.8) is 0 Å². The van der Waals surface area contributed by atoms with Crippen LogP contribution in [0, 0.1) is 0 Å². The molecular formula is C16H23BrN2O2. The van der Waals surface area contributed by atoms with E-state index in [4.69, 9.17) is 4.74 Å². The minimum atomic E-state index is -0.284. The first-order valence-corrected chi connectivity index (χ1v) is 8.13. The Morgan fingerprint density at radius 1 is 1.29 bits per heavy atom. The topological polar surface area (TPSA) is 32.8 Å². The standard InChI is InChI=1S/C16H23BrN2O2/c1-12(2)19-8-6-18(7-9-19)11-14-10-13(16(20)21-3)4-5-15(14)17/h4-5,10,12H,6-9,11H2,1-3H3. The Balaban J connectivity index is 2.01. The molecule has 0 aliphatic carbocycles. The zero-order valence-electron chi connectivity index (χ0n) is 12.9. The van der Waals surface area contributed by atoms with Crippen molar-refractivity contribution in [1.29, 1.82) is 0 Å². The van der Waals surface area contributed by atoms with Crippen LogP contribution in [0.15, 0.2) is 22.7 Å². The first kappa shape index (κ1) is 16.5. The molecule has 1 fully saturated rings. The predicted molar refractivity (Wildman–Crippen MR) is 87.5 cm³/mol. The summed E-state index contributed by atoms with van der Waals surface area (Å²) in [4.78, 5) is 16.6. The van der Waals surface area contributed by atoms with E-state index >= 15 is 0 Å². The van der Waals surface area contributed by atoms with Gasteiger partial charge in [-0.25, -0.2) is 4.79 Å². The van der Waals surface area contributed by atoms with Crippen molar-refractivity contribution in [2.75, 3.05) is 33.3 Å². The molecule has 1 aliphatic heterocycles. The van der Waals surface area contributed by atoms with E-state index in [0.717, 1.165) is 42.8 Å². The Hall–Kier alpha value is -0.910. The smallest absolute Gasteiger partial charge is 0.337 e. The van der Waals surface area contributed by atoms with Gasteiger partial charge in [0.1, 0.15) is 0 Å². The van der Waals surface area contributed by atoms with Gasteiger partial charge in [0.05, 0.1) is 12.7 Å². The lowest BCUT2D eigenvalue weighted by Gasteiger charge is -2.37. The molecule has 0 amide bonds. The Labute approximate surface area is 135 Å². The third-order valence-electron chi connectivity index (χ3n) is 4.00. The van der Waals surface area contributed by atoms with E-state index in [-0.39, 0.29) is 5.97 Å². The van der Waals surface area contributed by atoms with Gasteiger partial charge in [-0.05, 0) is 37.6 Å². The second-order valence-corrected chi connectivity index (χ2v) is 6.56. The van der Waals surface area contributed by atoms with Crippen LogP contribution in [0.3, 0.4) is 0 Å². The summed E-state index contributed by atoms with van der Waals surface area (Å²) in [6.45, 7) is 9.67. The average molecular weight is 355 g/mol. The van der Waals surface area contributed by atoms with Gasteiger partial charge >= 0.3 is 5.97 Å². The molecule has 1 aromatic rings. The number of carbonyl (C=O) groups is 1. The van der Waals surface area contributed by atoms with Crippen LogP contribution in [0.4, 0.5) is 0 Å². The summed E-state index contributed by atoms with van der Waals surface area (Å²) >= 11 is 3.57. The van der Waals surface area contributed by atoms with Crippen molar-refractivity contribution >= 4 is 21.9 Å². The second kappa shape index (κ2) is 7.38. The molecule has 0 bridgehead atoms. The zero-order chi connectivity index (χ0) is 15.4. The van der Waals surface area contributed by atoms with Crippen LogP contribution in [-0.2, 0) is 11.3 Å². The molecule has 0 atom stereocenters. The van der Waals surface area contributed by atoms with E-state index in [1.807, 2.05) is 12.1 Å². The summed E-state index contributed by atoms with van der Waals surface area (Å²) in [6.07, 6.45) is 0. The fourth-order valence-electron chi connectivity index (χ4n) is 2.62. The number of nitrogens with zero attached hydrogens (tertiary/aromatic N) is 2. The molecule has 1 saturated heterocycles. The van der Waals surface area contributed by atoms with Gasteiger partial charge in [-0.15, -0.1) is 0 Å². The first-order chi connectivity index (χ1) is 10.0. The van der Waals surface area contributed by atoms with E-state index in [9.17, 15) is 4.79 Å². The van der Waals surface area contributed by atoms with Crippen molar-refractivity contribution < 1.29 is 9.53 Å². The van der Waals surface area contributed by atoms with Gasteiger partial charge in [0.15, 0.2) is 0 Å². The summed E-state index contributed by atoms with van der Waals surface area (Å²) in [5.41, 5.74) is 1.74. The van der Waals surface area contributed by atoms with Crippen molar-refractivity contribution in [3.8, 4) is 0 Å². The van der Waals surface area contributed by atoms with Crippen molar-refractivity contribution in [1.82, 2.24) is 9.80 Å². The highest BCUT2D eigenvalue weighted by molar-refractivity contribution is 9.10. The van der Waals surface area contributed by atoms with Crippen molar-refractivity contribution in [3.05, 3.63) is 33.8 Å². The molecule has 5 heteroatoms. The molecule has 21 heavy (non-hydrogen) atoms. The highest BCUT2D eigenvalue weighted by Crippen LogP contribution is 2.21. The van der Waals surface area contributed by atoms with E-state index in [1.165, 1.54) is 7.11 Å². The van der Waals surface area contributed by atoms with Crippen LogP contribution in [0.1, 0.15) is 29.8 Å². The molecule has 116 valence electrons. The summed E-state index contributed by atoms with van der Waals surface area (Å²) in [5, 5.41) is 0. The molecule has 4 nitrogen and oxygen atoms in total. The fourth-order valence-corrected chi connectivity index (χ4v) is 2.99. The van der Waals surface area contributed by atoms with Crippen LogP contribution >= 0.6 is 15.9 Å². The minimum absolute atomic E-state index is 0.284. The van der Waals surface area contributed by atoms with Crippen LogP contribution in [0.25, 0.3) is 0 Å². The molecular weight excluding hydrogens is 332 g/mol. The van der Waals surface area contributed by atoms with Crippen LogP contribution in [0.2, 0.25) is 0 Å². The number of ether oxygens (including phenoxy) is 1. The number of hydrogen-bond acceptors (Lipinski definition) is 4. The third kappa shape index (κ3) is 4.28. The summed E-state index contributed by atoms with van der Waals surface area (Å²) in [5.74, 6) is -0.284. The van der Waals surface area contributed by atoms with Gasteiger partial charge in [-0.1, -0.05) is 15.9 Å². The molecule has 0 radical (unpaired) electrons. The molecule has 0 N–H and O–H groups in total. The zero-order valence-corrected chi connectivity index (χ0v) is 14.5. The number of benzene rings is 1. The van der Waals surface area contributed by atoms with Crippen LogP contribution in [-0.4, -0.2) is 55.1 Å². The quantitative estimate of drug-likeness (QED) is 0.778. The van der Waals surface area contributed by atoms with Gasteiger partial charge in [-0.3, -0.25) is 9.80 Å². The Morgan fingerprint density at radius 2 is 1.95 bits per heavy atom. The van der Waals surface area contributed by atoms with E-state index in [0.29, 0.717) is 11.6 Å². The van der Waals surface area contributed by atoms with Gasteiger partial charge in [-0.2, -0.15) is 0 Å². The summed E-state index contributed by atoms with van der Waals surface area (Å²) in [7, 11) is 1.41. The normalized spacial score (nSPS) is 17.2. The number of methoxy groups -OCH3 is 1. The van der Waals surface area contributed by atoms with E-state index in [2.05, 4.69) is 39.6 Å². The maximum atomic E-state index is 11.6. The Bertz CT molecular complexity index is 497. The van der Waals surface area contributed by atoms with Crippen LogP contribution < -0.4 is 0 Å². The molecule has 0 saturated carbocycles. The molecule has 2 rings (SSSR count). The Morgan fingerprint density at radius 3 is 2.52 bits per heavy atom. The number of esters is 1. The average Bonchev–Trinajstić information content (AvgIpc) is 2.49. The van der Waals surface area contributed by atoms with Crippen molar-refractivity contribution in [2.45, 2.75) is 26.4 Å².